The van der Waals surface area contributed by atoms with Crippen molar-refractivity contribution in [1.29, 1.82) is 0 Å². The van der Waals surface area contributed by atoms with Crippen LogP contribution in [0.2, 0.25) is 0 Å². The zero-order valence-corrected chi connectivity index (χ0v) is 10.5. The van der Waals surface area contributed by atoms with Crippen molar-refractivity contribution in [3.8, 4) is 0 Å². The molecule has 0 saturated heterocycles. The van der Waals surface area contributed by atoms with E-state index in [9.17, 15) is 5.11 Å². The van der Waals surface area contributed by atoms with Crippen molar-refractivity contribution >= 4 is 17.0 Å². The van der Waals surface area contributed by atoms with Crippen molar-refractivity contribution in [2.45, 2.75) is 6.04 Å². The van der Waals surface area contributed by atoms with Crippen LogP contribution in [-0.4, -0.2) is 31.5 Å². The maximum Gasteiger partial charge on any atom is 0.201 e. The molecule has 6 heteroatoms. The molecule has 0 aliphatic rings. The maximum absolute atomic E-state index is 9.48. The average Bonchev–Trinajstić information content (AvgIpc) is 3.01. The van der Waals surface area contributed by atoms with Crippen LogP contribution in [0.3, 0.4) is 0 Å². The van der Waals surface area contributed by atoms with Crippen LogP contribution in [0.5, 0.6) is 0 Å². The molecule has 0 radical (unpaired) electrons. The molecule has 1 aromatic carbocycles. The van der Waals surface area contributed by atoms with Gasteiger partial charge in [-0.1, -0.05) is 12.1 Å². The number of benzene rings is 1. The SMILES string of the molecule is Cn1cc(C(CO)Nc2nc3ccccc3[nH]2)cn1. The van der Waals surface area contributed by atoms with E-state index in [1.807, 2.05) is 37.5 Å². The molecule has 1 unspecified atom stereocenters. The molecule has 3 N–H and O–H groups in total. The normalized spacial score (nSPS) is 12.7. The van der Waals surface area contributed by atoms with E-state index in [1.54, 1.807) is 10.9 Å². The first kappa shape index (κ1) is 11.7. The highest BCUT2D eigenvalue weighted by atomic mass is 16.3. The third kappa shape index (κ3) is 2.30. The van der Waals surface area contributed by atoms with Crippen LogP contribution < -0.4 is 5.32 Å². The van der Waals surface area contributed by atoms with Crippen LogP contribution in [0, 0.1) is 0 Å². The number of H-pyrrole nitrogens is 1. The predicted molar refractivity (Wildman–Crippen MR) is 72.8 cm³/mol. The Labute approximate surface area is 110 Å². The lowest BCUT2D eigenvalue weighted by Gasteiger charge is -2.13. The van der Waals surface area contributed by atoms with Crippen molar-refractivity contribution in [2.75, 3.05) is 11.9 Å². The topological polar surface area (TPSA) is 78.8 Å². The number of aromatic nitrogens is 4. The summed E-state index contributed by atoms with van der Waals surface area (Å²) in [6, 6.07) is 7.57. The number of hydrogen-bond acceptors (Lipinski definition) is 4. The number of aromatic amines is 1. The van der Waals surface area contributed by atoms with Gasteiger partial charge in [-0.05, 0) is 12.1 Å². The number of nitrogens with zero attached hydrogens (tertiary/aromatic N) is 3. The Balaban J connectivity index is 1.86. The highest BCUT2D eigenvalue weighted by Gasteiger charge is 2.13. The minimum absolute atomic E-state index is 0.0251. The summed E-state index contributed by atoms with van der Waals surface area (Å²) in [6.07, 6.45) is 3.60. The molecule has 3 rings (SSSR count). The monoisotopic (exact) mass is 257 g/mol. The van der Waals surface area contributed by atoms with Gasteiger partial charge in [-0.15, -0.1) is 0 Å². The summed E-state index contributed by atoms with van der Waals surface area (Å²) in [5.41, 5.74) is 2.78. The van der Waals surface area contributed by atoms with Crippen molar-refractivity contribution in [2.24, 2.45) is 7.05 Å². The van der Waals surface area contributed by atoms with Crippen LogP contribution >= 0.6 is 0 Å². The van der Waals surface area contributed by atoms with E-state index in [1.165, 1.54) is 0 Å². The molecular weight excluding hydrogens is 242 g/mol. The number of aliphatic hydroxyl groups excluding tert-OH is 1. The van der Waals surface area contributed by atoms with Crippen LogP contribution in [0.1, 0.15) is 11.6 Å². The fourth-order valence-electron chi connectivity index (χ4n) is 2.04. The van der Waals surface area contributed by atoms with E-state index in [0.717, 1.165) is 16.6 Å². The van der Waals surface area contributed by atoms with Crippen LogP contribution in [0.25, 0.3) is 11.0 Å². The van der Waals surface area contributed by atoms with Crippen LogP contribution in [0.4, 0.5) is 5.95 Å². The van der Waals surface area contributed by atoms with Crippen molar-refractivity contribution in [3.05, 3.63) is 42.2 Å². The zero-order valence-electron chi connectivity index (χ0n) is 10.5. The molecule has 0 bridgehead atoms. The standard InChI is InChI=1S/C13H15N5O/c1-18-7-9(6-14-18)12(8-19)17-13-15-10-4-2-3-5-11(10)16-13/h2-7,12,19H,8H2,1H3,(H2,15,16,17). The second kappa shape index (κ2) is 4.74. The Morgan fingerprint density at radius 2 is 2.26 bits per heavy atom. The first-order chi connectivity index (χ1) is 9.26. The van der Waals surface area contributed by atoms with E-state index >= 15 is 0 Å². The van der Waals surface area contributed by atoms with Gasteiger partial charge >= 0.3 is 0 Å². The molecule has 0 saturated carbocycles. The van der Waals surface area contributed by atoms with E-state index in [-0.39, 0.29) is 12.6 Å². The number of hydrogen-bond donors (Lipinski definition) is 3. The Morgan fingerprint density at radius 1 is 1.42 bits per heavy atom. The van der Waals surface area contributed by atoms with Gasteiger partial charge in [0, 0.05) is 18.8 Å². The summed E-state index contributed by atoms with van der Waals surface area (Å²) in [5.74, 6) is 0.643. The number of nitrogens with one attached hydrogen (secondary N) is 2. The molecule has 3 aromatic rings. The predicted octanol–water partition coefficient (Wildman–Crippen LogP) is 1.44. The Bertz CT molecular complexity index is 654. The first-order valence-corrected chi connectivity index (χ1v) is 6.07. The van der Waals surface area contributed by atoms with Gasteiger partial charge in [0.15, 0.2) is 0 Å². The lowest BCUT2D eigenvalue weighted by atomic mass is 10.2. The van der Waals surface area contributed by atoms with Crippen molar-refractivity contribution in [3.63, 3.8) is 0 Å². The van der Waals surface area contributed by atoms with Gasteiger partial charge in [0.25, 0.3) is 0 Å². The van der Waals surface area contributed by atoms with E-state index in [0.29, 0.717) is 5.95 Å². The number of aryl methyl sites for hydroxylation is 1. The molecule has 19 heavy (non-hydrogen) atoms. The molecule has 0 amide bonds. The fourth-order valence-corrected chi connectivity index (χ4v) is 2.04. The zero-order chi connectivity index (χ0) is 13.2. The lowest BCUT2D eigenvalue weighted by Crippen LogP contribution is -2.15. The Morgan fingerprint density at radius 3 is 2.95 bits per heavy atom. The minimum Gasteiger partial charge on any atom is -0.394 e. The van der Waals surface area contributed by atoms with E-state index in [4.69, 9.17) is 0 Å². The second-order valence-corrected chi connectivity index (χ2v) is 4.43. The van der Waals surface area contributed by atoms with Gasteiger partial charge in [0.05, 0.1) is 29.9 Å². The molecule has 0 aliphatic heterocycles. The molecule has 0 aliphatic carbocycles. The summed E-state index contributed by atoms with van der Waals surface area (Å²) in [4.78, 5) is 7.60. The van der Waals surface area contributed by atoms with Crippen LogP contribution in [-0.2, 0) is 7.05 Å². The molecule has 0 spiro atoms. The number of rotatable bonds is 4. The van der Waals surface area contributed by atoms with E-state index < -0.39 is 0 Å². The third-order valence-corrected chi connectivity index (χ3v) is 3.01. The fraction of sp³-hybridized carbons (Fsp3) is 0.231. The van der Waals surface area contributed by atoms with Gasteiger partial charge in [-0.3, -0.25) is 4.68 Å². The molecule has 1 atom stereocenters. The quantitative estimate of drug-likeness (QED) is 0.661. The number of fused-ring (bicyclic) bond motifs is 1. The molecule has 0 fully saturated rings. The maximum atomic E-state index is 9.48. The third-order valence-electron chi connectivity index (χ3n) is 3.01. The molecular formula is C13H15N5O. The number of para-hydroxylation sites is 2. The van der Waals surface area contributed by atoms with Gasteiger partial charge < -0.3 is 15.4 Å². The van der Waals surface area contributed by atoms with Gasteiger partial charge in [0.1, 0.15) is 0 Å². The highest BCUT2D eigenvalue weighted by molar-refractivity contribution is 5.77. The molecule has 2 heterocycles. The van der Waals surface area contributed by atoms with Crippen molar-refractivity contribution in [1.82, 2.24) is 19.7 Å². The Hall–Kier alpha value is -2.34. The smallest absolute Gasteiger partial charge is 0.201 e. The van der Waals surface area contributed by atoms with Gasteiger partial charge in [-0.25, -0.2) is 4.98 Å². The first-order valence-electron chi connectivity index (χ1n) is 6.07. The minimum atomic E-state index is -0.228. The van der Waals surface area contributed by atoms with Crippen LogP contribution in [0.15, 0.2) is 36.7 Å². The molecule has 2 aromatic heterocycles. The van der Waals surface area contributed by atoms with Gasteiger partial charge in [0.2, 0.25) is 5.95 Å². The largest absolute Gasteiger partial charge is 0.394 e. The van der Waals surface area contributed by atoms with E-state index in [2.05, 4.69) is 20.4 Å². The number of anilines is 1. The lowest BCUT2D eigenvalue weighted by molar-refractivity contribution is 0.276. The number of aliphatic hydroxyl groups is 1. The van der Waals surface area contributed by atoms with Gasteiger partial charge in [-0.2, -0.15) is 5.10 Å². The molecule has 6 nitrogen and oxygen atoms in total. The average molecular weight is 257 g/mol. The summed E-state index contributed by atoms with van der Waals surface area (Å²) in [7, 11) is 1.85. The summed E-state index contributed by atoms with van der Waals surface area (Å²) < 4.78 is 1.71. The second-order valence-electron chi connectivity index (χ2n) is 4.43. The summed E-state index contributed by atoms with van der Waals surface area (Å²) in [5, 5.41) is 16.8. The highest BCUT2D eigenvalue weighted by Crippen LogP contribution is 2.19. The number of imidazole rings is 1. The Kier molecular flexibility index (Phi) is 2.92. The molecule has 98 valence electrons. The summed E-state index contributed by atoms with van der Waals surface area (Å²) >= 11 is 0. The van der Waals surface area contributed by atoms with Crippen molar-refractivity contribution < 1.29 is 5.11 Å². The summed E-state index contributed by atoms with van der Waals surface area (Å²) in [6.45, 7) is -0.0251.